The fraction of sp³-hybridized carbons (Fsp3) is 0.769. The van der Waals surface area contributed by atoms with E-state index < -0.39 is 6.10 Å². The van der Waals surface area contributed by atoms with E-state index in [0.29, 0.717) is 11.7 Å². The molecule has 2 rings (SSSR count). The highest BCUT2D eigenvalue weighted by Gasteiger charge is 2.30. The number of hydrogen-bond donors (Lipinski definition) is 2. The summed E-state index contributed by atoms with van der Waals surface area (Å²) in [6, 6.07) is 0. The van der Waals surface area contributed by atoms with Crippen molar-refractivity contribution in [3.63, 3.8) is 0 Å². The third kappa shape index (κ3) is 5.50. The van der Waals surface area contributed by atoms with Crippen molar-refractivity contribution < 1.29 is 9.53 Å². The molecule has 1 aromatic rings. The minimum Gasteiger partial charge on any atom is -0.364 e. The predicted molar refractivity (Wildman–Crippen MR) is 86.0 cm³/mol. The first-order valence-electron chi connectivity index (χ1n) is 7.21. The monoisotopic (exact) mass is 334 g/mol. The van der Waals surface area contributed by atoms with Crippen LogP contribution in [0.2, 0.25) is 0 Å². The lowest BCUT2D eigenvalue weighted by atomic mass is 10.2. The second-order valence-electron chi connectivity index (χ2n) is 5.01. The molecule has 0 bridgehead atoms. The van der Waals surface area contributed by atoms with Crippen molar-refractivity contribution in [2.45, 2.75) is 57.7 Å². The van der Waals surface area contributed by atoms with Gasteiger partial charge in [-0.2, -0.15) is 0 Å². The van der Waals surface area contributed by atoms with Crippen molar-refractivity contribution in [1.82, 2.24) is 10.2 Å². The molecular formula is C13H23ClN4O2S. The Morgan fingerprint density at radius 2 is 2.24 bits per heavy atom. The maximum Gasteiger partial charge on any atom is 0.255 e. The van der Waals surface area contributed by atoms with E-state index in [1.165, 1.54) is 24.2 Å². The van der Waals surface area contributed by atoms with Gasteiger partial charge in [0.15, 0.2) is 0 Å². The van der Waals surface area contributed by atoms with E-state index in [-0.39, 0.29) is 24.4 Å². The molecule has 0 spiro atoms. The lowest BCUT2D eigenvalue weighted by Crippen LogP contribution is -2.29. The zero-order valence-corrected chi connectivity index (χ0v) is 13.8. The van der Waals surface area contributed by atoms with E-state index in [9.17, 15) is 4.79 Å². The summed E-state index contributed by atoms with van der Waals surface area (Å²) >= 11 is 1.44. The van der Waals surface area contributed by atoms with Crippen LogP contribution in [0.5, 0.6) is 0 Å². The Morgan fingerprint density at radius 1 is 1.43 bits per heavy atom. The van der Waals surface area contributed by atoms with Gasteiger partial charge in [-0.1, -0.05) is 31.1 Å². The molecule has 1 aliphatic heterocycles. The average molecular weight is 335 g/mol. The van der Waals surface area contributed by atoms with Crippen LogP contribution in [0.4, 0.5) is 5.13 Å². The van der Waals surface area contributed by atoms with Crippen LogP contribution in [0.3, 0.4) is 0 Å². The molecule has 8 heteroatoms. The second-order valence-corrected chi connectivity index (χ2v) is 6.07. The first kappa shape index (κ1) is 18.3. The number of rotatable bonds is 7. The zero-order valence-electron chi connectivity index (χ0n) is 12.2. The van der Waals surface area contributed by atoms with Crippen LogP contribution in [0.1, 0.15) is 44.0 Å². The van der Waals surface area contributed by atoms with Crippen LogP contribution in [0, 0.1) is 0 Å². The van der Waals surface area contributed by atoms with Gasteiger partial charge in [-0.3, -0.25) is 10.1 Å². The summed E-state index contributed by atoms with van der Waals surface area (Å²) in [6.07, 6.45) is 5.57. The Balaban J connectivity index is 0.00000220. The number of ether oxygens (including phenoxy) is 1. The number of nitrogens with two attached hydrogens (primary N) is 1. The Kier molecular flexibility index (Phi) is 8.10. The Hall–Kier alpha value is -0.760. The van der Waals surface area contributed by atoms with Crippen molar-refractivity contribution in [2.75, 3.05) is 11.9 Å². The molecular weight excluding hydrogens is 312 g/mol. The highest BCUT2D eigenvalue weighted by Crippen LogP contribution is 2.22. The van der Waals surface area contributed by atoms with Crippen LogP contribution in [-0.4, -0.2) is 34.9 Å². The summed E-state index contributed by atoms with van der Waals surface area (Å²) in [5.41, 5.74) is 5.53. The van der Waals surface area contributed by atoms with Gasteiger partial charge in [-0.05, 0) is 19.3 Å². The quantitative estimate of drug-likeness (QED) is 0.745. The van der Waals surface area contributed by atoms with E-state index in [1.807, 2.05) is 0 Å². The number of hydrogen-bond acceptors (Lipinski definition) is 6. The molecule has 0 radical (unpaired) electrons. The van der Waals surface area contributed by atoms with E-state index in [0.717, 1.165) is 30.7 Å². The number of nitrogens with one attached hydrogen (secondary N) is 1. The number of aryl methyl sites for hydroxylation is 1. The van der Waals surface area contributed by atoms with Gasteiger partial charge >= 0.3 is 0 Å². The average Bonchev–Trinajstić information content (AvgIpc) is 3.08. The van der Waals surface area contributed by atoms with Crippen LogP contribution in [0.15, 0.2) is 0 Å². The Labute approximate surface area is 135 Å². The third-order valence-corrected chi connectivity index (χ3v) is 4.25. The van der Waals surface area contributed by atoms with Crippen LogP contribution in [0.25, 0.3) is 0 Å². The highest BCUT2D eigenvalue weighted by atomic mass is 35.5. The van der Waals surface area contributed by atoms with Crippen molar-refractivity contribution in [3.8, 4) is 0 Å². The molecule has 2 heterocycles. The first-order valence-corrected chi connectivity index (χ1v) is 8.03. The fourth-order valence-electron chi connectivity index (χ4n) is 2.19. The molecule has 0 saturated carbocycles. The van der Waals surface area contributed by atoms with E-state index >= 15 is 0 Å². The van der Waals surface area contributed by atoms with Crippen LogP contribution >= 0.6 is 23.7 Å². The number of halogens is 1. The minimum atomic E-state index is -0.406. The number of aromatic nitrogens is 2. The number of anilines is 1. The molecule has 1 fully saturated rings. The standard InChI is InChI=1S/C13H22N4O2S.ClH/c1-2-3-4-5-11-16-17-13(20-11)15-12(18)10-7-6-9(8-14)19-10;/h9-10H,2-8,14H2,1H3,(H,15,17,18);1H/t9-,10+;/m1./s1. The zero-order chi connectivity index (χ0) is 14.4. The molecule has 1 saturated heterocycles. The van der Waals surface area contributed by atoms with Gasteiger partial charge in [0.25, 0.3) is 5.91 Å². The summed E-state index contributed by atoms with van der Waals surface area (Å²) in [7, 11) is 0. The summed E-state index contributed by atoms with van der Waals surface area (Å²) in [4.78, 5) is 12.0. The van der Waals surface area contributed by atoms with Crippen molar-refractivity contribution >= 4 is 34.8 Å². The van der Waals surface area contributed by atoms with Gasteiger partial charge in [-0.15, -0.1) is 22.6 Å². The molecule has 21 heavy (non-hydrogen) atoms. The summed E-state index contributed by atoms with van der Waals surface area (Å²) in [5, 5.41) is 12.4. The normalized spacial score (nSPS) is 21.0. The van der Waals surface area contributed by atoms with Gasteiger partial charge in [0.1, 0.15) is 11.1 Å². The molecule has 2 atom stereocenters. The molecule has 1 amide bonds. The van der Waals surface area contributed by atoms with E-state index in [1.54, 1.807) is 0 Å². The largest absolute Gasteiger partial charge is 0.364 e. The van der Waals surface area contributed by atoms with Crippen LogP contribution < -0.4 is 11.1 Å². The molecule has 0 aliphatic carbocycles. The van der Waals surface area contributed by atoms with Crippen LogP contribution in [-0.2, 0) is 16.0 Å². The van der Waals surface area contributed by atoms with E-state index in [2.05, 4.69) is 22.4 Å². The molecule has 6 nitrogen and oxygen atoms in total. The number of unbranched alkanes of at least 4 members (excludes halogenated alkanes) is 2. The van der Waals surface area contributed by atoms with Crippen molar-refractivity contribution in [2.24, 2.45) is 5.73 Å². The van der Waals surface area contributed by atoms with Gasteiger partial charge in [0.2, 0.25) is 5.13 Å². The lowest BCUT2D eigenvalue weighted by Gasteiger charge is -2.10. The highest BCUT2D eigenvalue weighted by molar-refractivity contribution is 7.15. The Bertz CT molecular complexity index is 444. The van der Waals surface area contributed by atoms with Gasteiger partial charge in [0, 0.05) is 13.0 Å². The second kappa shape index (κ2) is 9.30. The molecule has 1 aliphatic rings. The SMILES string of the molecule is CCCCCc1nnc(NC(=O)[C@@H]2CC[C@H](CN)O2)s1.Cl. The third-order valence-electron chi connectivity index (χ3n) is 3.35. The van der Waals surface area contributed by atoms with Gasteiger partial charge in [0.05, 0.1) is 6.10 Å². The summed E-state index contributed by atoms with van der Waals surface area (Å²) < 4.78 is 5.55. The van der Waals surface area contributed by atoms with E-state index in [4.69, 9.17) is 10.5 Å². The smallest absolute Gasteiger partial charge is 0.255 e. The molecule has 0 unspecified atom stereocenters. The summed E-state index contributed by atoms with van der Waals surface area (Å²) in [5.74, 6) is -0.141. The number of carbonyl (C=O) groups excluding carboxylic acids is 1. The molecule has 3 N–H and O–H groups in total. The fourth-order valence-corrected chi connectivity index (χ4v) is 2.97. The molecule has 0 aromatic carbocycles. The van der Waals surface area contributed by atoms with Crippen molar-refractivity contribution in [3.05, 3.63) is 5.01 Å². The molecule has 1 aromatic heterocycles. The summed E-state index contributed by atoms with van der Waals surface area (Å²) in [6.45, 7) is 2.63. The van der Waals surface area contributed by atoms with Gasteiger partial charge < -0.3 is 10.5 Å². The number of nitrogens with zero attached hydrogens (tertiary/aromatic N) is 2. The number of amides is 1. The topological polar surface area (TPSA) is 90.1 Å². The maximum atomic E-state index is 12.0. The number of carbonyl (C=O) groups is 1. The first-order chi connectivity index (χ1) is 9.72. The van der Waals surface area contributed by atoms with Gasteiger partial charge in [-0.25, -0.2) is 0 Å². The predicted octanol–water partition coefficient (Wildman–Crippen LogP) is 2.14. The Morgan fingerprint density at radius 3 is 2.90 bits per heavy atom. The minimum absolute atomic E-state index is 0. The lowest BCUT2D eigenvalue weighted by molar-refractivity contribution is -0.126. The van der Waals surface area contributed by atoms with Crippen molar-refractivity contribution in [1.29, 1.82) is 0 Å². The molecule has 120 valence electrons. The maximum absolute atomic E-state index is 12.0.